The van der Waals surface area contributed by atoms with Gasteiger partial charge in [0, 0.05) is 30.8 Å². The van der Waals surface area contributed by atoms with Gasteiger partial charge in [-0.05, 0) is 34.4 Å². The number of aromatic amines is 1. The second-order valence-corrected chi connectivity index (χ2v) is 8.35. The van der Waals surface area contributed by atoms with Gasteiger partial charge in [-0.1, -0.05) is 67.9 Å². The molecule has 176 valence electrons. The number of tetrazole rings is 1. The fourth-order valence-corrected chi connectivity index (χ4v) is 4.02. The van der Waals surface area contributed by atoms with Crippen LogP contribution in [0.15, 0.2) is 72.9 Å². The number of imidazole rings is 1. The third-order valence-corrected chi connectivity index (χ3v) is 5.94. The minimum absolute atomic E-state index is 0.591. The maximum Gasteiger partial charge on any atom is 0.213 e. The molecule has 0 amide bonds. The van der Waals surface area contributed by atoms with Gasteiger partial charge in [0.1, 0.15) is 11.5 Å². The summed E-state index contributed by atoms with van der Waals surface area (Å²) in [5, 5.41) is 14.2. The first kappa shape index (κ1) is 22.5. The lowest BCUT2D eigenvalue weighted by Crippen LogP contribution is -2.04. The fourth-order valence-electron chi connectivity index (χ4n) is 4.02. The van der Waals surface area contributed by atoms with E-state index in [1.165, 1.54) is 5.56 Å². The van der Waals surface area contributed by atoms with Crippen LogP contribution in [0.25, 0.3) is 33.9 Å². The maximum atomic E-state index is 5.29. The zero-order chi connectivity index (χ0) is 24.0. The van der Waals surface area contributed by atoms with Crippen molar-refractivity contribution < 1.29 is 4.74 Å². The van der Waals surface area contributed by atoms with E-state index in [0.717, 1.165) is 59.7 Å². The number of aromatic nitrogens is 7. The molecule has 0 unspecified atom stereocenters. The fraction of sp³-hybridized carbons (Fsp3) is 0.222. The van der Waals surface area contributed by atoms with Crippen molar-refractivity contribution in [1.29, 1.82) is 0 Å². The maximum absolute atomic E-state index is 5.29. The van der Waals surface area contributed by atoms with Gasteiger partial charge in [0.05, 0.1) is 12.8 Å². The molecule has 0 atom stereocenters. The number of hydrogen-bond donors (Lipinski definition) is 1. The number of H-pyrrole nitrogens is 1. The Bertz CT molecular complexity index is 1370. The largest absolute Gasteiger partial charge is 0.481 e. The van der Waals surface area contributed by atoms with Gasteiger partial charge in [-0.15, -0.1) is 10.2 Å². The number of nitrogens with one attached hydrogen (secondary N) is 1. The monoisotopic (exact) mass is 465 g/mol. The van der Waals surface area contributed by atoms with E-state index in [-0.39, 0.29) is 0 Å². The van der Waals surface area contributed by atoms with Gasteiger partial charge in [0.25, 0.3) is 0 Å². The molecule has 0 fully saturated rings. The molecule has 5 aromatic rings. The van der Waals surface area contributed by atoms with E-state index in [1.54, 1.807) is 7.11 Å². The summed E-state index contributed by atoms with van der Waals surface area (Å²) in [4.78, 5) is 9.47. The molecule has 1 N–H and O–H groups in total. The summed E-state index contributed by atoms with van der Waals surface area (Å²) in [5.41, 5.74) is 6.14. The number of aryl methyl sites for hydroxylation is 1. The molecule has 0 radical (unpaired) electrons. The average molecular weight is 466 g/mol. The Kier molecular flexibility index (Phi) is 6.61. The number of methoxy groups -OCH3 is 1. The molecule has 0 bridgehead atoms. The zero-order valence-electron chi connectivity index (χ0n) is 19.8. The van der Waals surface area contributed by atoms with E-state index < -0.39 is 0 Å². The average Bonchev–Trinajstić information content (AvgIpc) is 3.59. The molecule has 0 spiro atoms. The molecule has 8 heteroatoms. The van der Waals surface area contributed by atoms with Crippen LogP contribution in [0, 0.1) is 0 Å². The Labute approximate surface area is 204 Å². The first-order valence-electron chi connectivity index (χ1n) is 11.7. The van der Waals surface area contributed by atoms with Gasteiger partial charge in [0.15, 0.2) is 0 Å². The van der Waals surface area contributed by atoms with Crippen LogP contribution in [0.3, 0.4) is 0 Å². The predicted molar refractivity (Wildman–Crippen MR) is 135 cm³/mol. The lowest BCUT2D eigenvalue weighted by atomic mass is 10.0. The molecule has 0 saturated carbocycles. The van der Waals surface area contributed by atoms with Gasteiger partial charge in [0.2, 0.25) is 11.7 Å². The smallest absolute Gasteiger partial charge is 0.213 e. The molecule has 35 heavy (non-hydrogen) atoms. The number of hydrogen-bond acceptors (Lipinski definition) is 6. The first-order chi connectivity index (χ1) is 17.2. The molecular weight excluding hydrogens is 438 g/mol. The van der Waals surface area contributed by atoms with E-state index in [4.69, 9.17) is 9.72 Å². The Morgan fingerprint density at radius 3 is 2.29 bits per heavy atom. The second kappa shape index (κ2) is 10.3. The molecular formula is C27H27N7O. The van der Waals surface area contributed by atoms with Crippen LogP contribution in [0.2, 0.25) is 0 Å². The molecule has 0 aliphatic heterocycles. The third kappa shape index (κ3) is 5.11. The number of rotatable bonds is 9. The van der Waals surface area contributed by atoms with Gasteiger partial charge in [-0.3, -0.25) is 0 Å². The Hall–Kier alpha value is -4.33. The SMILES string of the molecule is CCCCc1nc(-c2cccc(OC)n2)cn1Cc1ccc(-c2ccc(-c3nn[nH]n3)cc2)cc1. The standard InChI is InChI=1S/C27H27N7O/c1-3-4-7-25-28-24(23-6-5-8-26(29-23)35-2)18-34(25)17-19-9-11-20(12-10-19)21-13-15-22(16-14-21)27-30-32-33-31-27/h5-6,8-16,18H,3-4,7,17H2,1-2H3,(H,30,31,32,33). The van der Waals surface area contributed by atoms with E-state index in [1.807, 2.05) is 30.3 Å². The summed E-state index contributed by atoms with van der Waals surface area (Å²) >= 11 is 0. The van der Waals surface area contributed by atoms with Gasteiger partial charge < -0.3 is 9.30 Å². The molecule has 5 rings (SSSR count). The Morgan fingerprint density at radius 1 is 0.857 bits per heavy atom. The van der Waals surface area contributed by atoms with Crippen LogP contribution in [0.4, 0.5) is 0 Å². The normalized spacial score (nSPS) is 11.0. The second-order valence-electron chi connectivity index (χ2n) is 8.35. The Balaban J connectivity index is 1.36. The van der Waals surface area contributed by atoms with Crippen molar-refractivity contribution in [3.05, 3.63) is 84.3 Å². The van der Waals surface area contributed by atoms with Crippen molar-refractivity contribution in [1.82, 2.24) is 35.2 Å². The molecule has 0 aliphatic rings. The van der Waals surface area contributed by atoms with Crippen LogP contribution in [-0.4, -0.2) is 42.3 Å². The molecule has 3 aromatic heterocycles. The van der Waals surface area contributed by atoms with Crippen LogP contribution >= 0.6 is 0 Å². The Morgan fingerprint density at radius 2 is 1.60 bits per heavy atom. The van der Waals surface area contributed by atoms with Crippen molar-refractivity contribution in [2.24, 2.45) is 0 Å². The summed E-state index contributed by atoms with van der Waals surface area (Å²) in [6.07, 6.45) is 5.25. The van der Waals surface area contributed by atoms with Crippen molar-refractivity contribution in [2.75, 3.05) is 7.11 Å². The summed E-state index contributed by atoms with van der Waals surface area (Å²) < 4.78 is 7.53. The molecule has 0 saturated heterocycles. The molecule has 2 aromatic carbocycles. The van der Waals surface area contributed by atoms with Gasteiger partial charge >= 0.3 is 0 Å². The van der Waals surface area contributed by atoms with Crippen LogP contribution in [0.5, 0.6) is 5.88 Å². The minimum atomic E-state index is 0.591. The third-order valence-electron chi connectivity index (χ3n) is 5.94. The number of unbranched alkanes of at least 4 members (excludes halogenated alkanes) is 1. The molecule has 3 heterocycles. The van der Waals surface area contributed by atoms with Crippen molar-refractivity contribution in [3.63, 3.8) is 0 Å². The highest BCUT2D eigenvalue weighted by Crippen LogP contribution is 2.25. The van der Waals surface area contributed by atoms with Crippen LogP contribution < -0.4 is 4.74 Å². The lowest BCUT2D eigenvalue weighted by molar-refractivity contribution is 0.398. The van der Waals surface area contributed by atoms with Gasteiger partial charge in [-0.2, -0.15) is 5.21 Å². The number of ether oxygens (including phenoxy) is 1. The zero-order valence-corrected chi connectivity index (χ0v) is 19.8. The number of nitrogens with zero attached hydrogens (tertiary/aromatic N) is 6. The van der Waals surface area contributed by atoms with E-state index >= 15 is 0 Å². The quantitative estimate of drug-likeness (QED) is 0.322. The van der Waals surface area contributed by atoms with E-state index in [2.05, 4.69) is 79.7 Å². The lowest BCUT2D eigenvalue weighted by Gasteiger charge is -2.09. The summed E-state index contributed by atoms with van der Waals surface area (Å²) in [6.45, 7) is 2.96. The highest BCUT2D eigenvalue weighted by atomic mass is 16.5. The van der Waals surface area contributed by atoms with Crippen molar-refractivity contribution in [3.8, 4) is 39.8 Å². The van der Waals surface area contributed by atoms with Gasteiger partial charge in [-0.25, -0.2) is 9.97 Å². The first-order valence-corrected chi connectivity index (χ1v) is 11.7. The minimum Gasteiger partial charge on any atom is -0.481 e. The number of pyridine rings is 1. The van der Waals surface area contributed by atoms with E-state index in [9.17, 15) is 0 Å². The van der Waals surface area contributed by atoms with Crippen LogP contribution in [0.1, 0.15) is 31.2 Å². The topological polar surface area (TPSA) is 94.4 Å². The molecule has 0 aliphatic carbocycles. The predicted octanol–water partition coefficient (Wildman–Crippen LogP) is 5.19. The van der Waals surface area contributed by atoms with E-state index in [0.29, 0.717) is 11.7 Å². The summed E-state index contributed by atoms with van der Waals surface area (Å²) in [6, 6.07) is 22.6. The molecule has 8 nitrogen and oxygen atoms in total. The summed E-state index contributed by atoms with van der Waals surface area (Å²) in [5.74, 6) is 2.26. The summed E-state index contributed by atoms with van der Waals surface area (Å²) in [7, 11) is 1.63. The van der Waals surface area contributed by atoms with Crippen molar-refractivity contribution >= 4 is 0 Å². The number of benzene rings is 2. The van der Waals surface area contributed by atoms with Crippen LogP contribution in [-0.2, 0) is 13.0 Å². The van der Waals surface area contributed by atoms with Crippen molar-refractivity contribution in [2.45, 2.75) is 32.7 Å². The highest BCUT2D eigenvalue weighted by Gasteiger charge is 2.12. The highest BCUT2D eigenvalue weighted by molar-refractivity contribution is 5.67.